The smallest absolute Gasteiger partial charge is 0.109 e. The van der Waals surface area contributed by atoms with E-state index in [0.29, 0.717) is 0 Å². The Bertz CT molecular complexity index is 270. The lowest BCUT2D eigenvalue weighted by molar-refractivity contribution is 0.153. The molecule has 0 aliphatic rings. The van der Waals surface area contributed by atoms with Crippen molar-refractivity contribution in [3.8, 4) is 0 Å². The molecule has 0 radical (unpaired) electrons. The standard InChI is InChI=1S/C10H19N3O/c1-8(9(2)14)11-5-4-10-12-6-7-13(10)3/h6-9,11,14H,4-5H2,1-3H3. The largest absolute Gasteiger partial charge is 0.392 e. The van der Waals surface area contributed by atoms with Crippen LogP contribution in [0, 0.1) is 0 Å². The highest BCUT2D eigenvalue weighted by Crippen LogP contribution is 1.95. The maximum Gasteiger partial charge on any atom is 0.109 e. The second-order valence-corrected chi connectivity index (χ2v) is 3.69. The van der Waals surface area contributed by atoms with Crippen LogP contribution in [0.2, 0.25) is 0 Å². The summed E-state index contributed by atoms with van der Waals surface area (Å²) in [7, 11) is 1.99. The molecular weight excluding hydrogens is 178 g/mol. The fourth-order valence-corrected chi connectivity index (χ4v) is 1.22. The predicted octanol–water partition coefficient (Wildman–Crippen LogP) is 0.321. The van der Waals surface area contributed by atoms with Crippen LogP contribution in [0.3, 0.4) is 0 Å². The first-order valence-electron chi connectivity index (χ1n) is 4.99. The fourth-order valence-electron chi connectivity index (χ4n) is 1.22. The summed E-state index contributed by atoms with van der Waals surface area (Å²) in [5.74, 6) is 1.07. The SMILES string of the molecule is CC(O)C(C)NCCc1nccn1C. The van der Waals surface area contributed by atoms with E-state index in [-0.39, 0.29) is 12.1 Å². The first-order chi connectivity index (χ1) is 6.61. The second kappa shape index (κ2) is 5.12. The van der Waals surface area contributed by atoms with Gasteiger partial charge in [-0.05, 0) is 13.8 Å². The van der Waals surface area contributed by atoms with Crippen molar-refractivity contribution < 1.29 is 5.11 Å². The number of hydrogen-bond acceptors (Lipinski definition) is 3. The summed E-state index contributed by atoms with van der Waals surface area (Å²) in [6, 6.07) is 0.135. The average Bonchev–Trinajstić information content (AvgIpc) is 2.51. The lowest BCUT2D eigenvalue weighted by Gasteiger charge is -2.16. The average molecular weight is 197 g/mol. The van der Waals surface area contributed by atoms with Crippen molar-refractivity contribution >= 4 is 0 Å². The maximum atomic E-state index is 9.25. The van der Waals surface area contributed by atoms with Crippen molar-refractivity contribution in [3.05, 3.63) is 18.2 Å². The lowest BCUT2D eigenvalue weighted by Crippen LogP contribution is -2.36. The Labute approximate surface area is 85.0 Å². The summed E-state index contributed by atoms with van der Waals surface area (Å²) in [4.78, 5) is 4.22. The molecule has 1 aromatic rings. The molecule has 0 spiro atoms. The van der Waals surface area contributed by atoms with Gasteiger partial charge < -0.3 is 15.0 Å². The third-order valence-electron chi connectivity index (χ3n) is 2.46. The summed E-state index contributed by atoms with van der Waals surface area (Å²) >= 11 is 0. The molecule has 4 nitrogen and oxygen atoms in total. The molecule has 1 aromatic heterocycles. The van der Waals surface area contributed by atoms with E-state index in [1.165, 1.54) is 0 Å². The number of nitrogens with zero attached hydrogens (tertiary/aromatic N) is 2. The molecular formula is C10H19N3O. The summed E-state index contributed by atoms with van der Waals surface area (Å²) in [5.41, 5.74) is 0. The number of nitrogens with one attached hydrogen (secondary N) is 1. The van der Waals surface area contributed by atoms with Gasteiger partial charge in [-0.15, -0.1) is 0 Å². The lowest BCUT2D eigenvalue weighted by atomic mass is 10.2. The Hall–Kier alpha value is -0.870. The molecule has 1 rings (SSSR count). The molecule has 2 N–H and O–H groups in total. The van der Waals surface area contributed by atoms with Crippen molar-refractivity contribution in [2.75, 3.05) is 6.54 Å². The summed E-state index contributed by atoms with van der Waals surface area (Å²) in [6.07, 6.45) is 4.32. The second-order valence-electron chi connectivity index (χ2n) is 3.69. The van der Waals surface area contributed by atoms with Crippen LogP contribution in [0.5, 0.6) is 0 Å². The molecule has 0 aromatic carbocycles. The molecule has 0 fully saturated rings. The van der Waals surface area contributed by atoms with E-state index >= 15 is 0 Å². The van der Waals surface area contributed by atoms with E-state index in [1.807, 2.05) is 24.7 Å². The number of imidazole rings is 1. The van der Waals surface area contributed by atoms with Crippen LogP contribution in [0.1, 0.15) is 19.7 Å². The van der Waals surface area contributed by atoms with Gasteiger partial charge in [0.2, 0.25) is 0 Å². The quantitative estimate of drug-likeness (QED) is 0.715. The van der Waals surface area contributed by atoms with Gasteiger partial charge in [0, 0.05) is 38.4 Å². The van der Waals surface area contributed by atoms with E-state index < -0.39 is 0 Å². The third-order valence-corrected chi connectivity index (χ3v) is 2.46. The number of rotatable bonds is 5. The minimum atomic E-state index is -0.309. The van der Waals surface area contributed by atoms with Crippen molar-refractivity contribution in [2.45, 2.75) is 32.4 Å². The fraction of sp³-hybridized carbons (Fsp3) is 0.700. The maximum absolute atomic E-state index is 9.25. The van der Waals surface area contributed by atoms with Gasteiger partial charge in [0.25, 0.3) is 0 Å². The number of aryl methyl sites for hydroxylation is 1. The Kier molecular flexibility index (Phi) is 4.10. The molecule has 2 atom stereocenters. The predicted molar refractivity (Wildman–Crippen MR) is 56.1 cm³/mol. The van der Waals surface area contributed by atoms with Crippen LogP contribution in [0.4, 0.5) is 0 Å². The van der Waals surface area contributed by atoms with Gasteiger partial charge in [-0.2, -0.15) is 0 Å². The van der Waals surface area contributed by atoms with Gasteiger partial charge in [0.1, 0.15) is 5.82 Å². The van der Waals surface area contributed by atoms with Crippen LogP contribution in [0.15, 0.2) is 12.4 Å². The van der Waals surface area contributed by atoms with E-state index in [4.69, 9.17) is 0 Å². The van der Waals surface area contributed by atoms with Gasteiger partial charge in [0.05, 0.1) is 6.10 Å². The Morgan fingerprint density at radius 3 is 2.79 bits per heavy atom. The van der Waals surface area contributed by atoms with Crippen molar-refractivity contribution in [1.29, 1.82) is 0 Å². The van der Waals surface area contributed by atoms with Gasteiger partial charge in [-0.1, -0.05) is 0 Å². The van der Waals surface area contributed by atoms with Crippen molar-refractivity contribution in [3.63, 3.8) is 0 Å². The summed E-state index contributed by atoms with van der Waals surface area (Å²) in [5, 5.41) is 12.5. The third kappa shape index (κ3) is 3.12. The van der Waals surface area contributed by atoms with Gasteiger partial charge in [0.15, 0.2) is 0 Å². The number of aromatic nitrogens is 2. The molecule has 14 heavy (non-hydrogen) atoms. The van der Waals surface area contributed by atoms with E-state index in [1.54, 1.807) is 13.1 Å². The first-order valence-corrected chi connectivity index (χ1v) is 4.99. The zero-order valence-corrected chi connectivity index (χ0v) is 9.07. The Morgan fingerprint density at radius 1 is 1.57 bits per heavy atom. The first kappa shape index (κ1) is 11.2. The van der Waals surface area contributed by atoms with Crippen LogP contribution < -0.4 is 5.32 Å². The number of aliphatic hydroxyl groups excluding tert-OH is 1. The van der Waals surface area contributed by atoms with Crippen molar-refractivity contribution in [2.24, 2.45) is 7.05 Å². The highest BCUT2D eigenvalue weighted by Gasteiger charge is 2.07. The number of aliphatic hydroxyl groups is 1. The van der Waals surface area contributed by atoms with Crippen LogP contribution in [0.25, 0.3) is 0 Å². The zero-order valence-electron chi connectivity index (χ0n) is 9.07. The van der Waals surface area contributed by atoms with Crippen LogP contribution in [-0.2, 0) is 13.5 Å². The molecule has 0 aliphatic heterocycles. The monoisotopic (exact) mass is 197 g/mol. The molecule has 0 amide bonds. The molecule has 0 saturated carbocycles. The van der Waals surface area contributed by atoms with Crippen LogP contribution in [-0.4, -0.2) is 33.3 Å². The molecule has 2 unspecified atom stereocenters. The normalized spacial score (nSPS) is 15.4. The minimum Gasteiger partial charge on any atom is -0.392 e. The Balaban J connectivity index is 2.25. The molecule has 80 valence electrons. The van der Waals surface area contributed by atoms with E-state index in [2.05, 4.69) is 10.3 Å². The van der Waals surface area contributed by atoms with Crippen molar-refractivity contribution in [1.82, 2.24) is 14.9 Å². The zero-order chi connectivity index (χ0) is 10.6. The molecule has 1 heterocycles. The van der Waals surface area contributed by atoms with Gasteiger partial charge in [-0.3, -0.25) is 0 Å². The minimum absolute atomic E-state index is 0.135. The molecule has 0 saturated heterocycles. The molecule has 0 aliphatic carbocycles. The Morgan fingerprint density at radius 2 is 2.29 bits per heavy atom. The van der Waals surface area contributed by atoms with E-state index in [0.717, 1.165) is 18.8 Å². The molecule has 0 bridgehead atoms. The topological polar surface area (TPSA) is 50.1 Å². The van der Waals surface area contributed by atoms with E-state index in [9.17, 15) is 5.11 Å². The number of hydrogen-bond donors (Lipinski definition) is 2. The highest BCUT2D eigenvalue weighted by molar-refractivity contribution is 4.91. The highest BCUT2D eigenvalue weighted by atomic mass is 16.3. The van der Waals surface area contributed by atoms with Gasteiger partial charge in [-0.25, -0.2) is 4.98 Å². The van der Waals surface area contributed by atoms with Crippen LogP contribution >= 0.6 is 0 Å². The molecule has 4 heteroatoms. The summed E-state index contributed by atoms with van der Waals surface area (Å²) < 4.78 is 2.01. The summed E-state index contributed by atoms with van der Waals surface area (Å²) in [6.45, 7) is 4.61. The van der Waals surface area contributed by atoms with Gasteiger partial charge >= 0.3 is 0 Å².